The number of hydrogen-bond acceptors (Lipinski definition) is 3. The molecule has 1 heterocycles. The molecule has 8 aromatic rings. The lowest BCUT2D eigenvalue weighted by Gasteiger charge is -2.40. The Labute approximate surface area is 329 Å². The second-order valence-corrected chi connectivity index (χ2v) is 15.9. The van der Waals surface area contributed by atoms with Crippen molar-refractivity contribution in [3.8, 4) is 0 Å². The molecule has 0 saturated heterocycles. The lowest BCUT2D eigenvalue weighted by molar-refractivity contribution is 0.829. The Bertz CT molecular complexity index is 2850. The number of rotatable bonds is 8. The van der Waals surface area contributed by atoms with Crippen LogP contribution in [0.3, 0.4) is 0 Å². The average molecular weight is 724 g/mol. The van der Waals surface area contributed by atoms with Crippen LogP contribution in [0.15, 0.2) is 170 Å². The van der Waals surface area contributed by atoms with Crippen molar-refractivity contribution in [2.45, 2.75) is 46.1 Å². The summed E-state index contributed by atoms with van der Waals surface area (Å²) in [5, 5.41) is 6.29. The molecular formula is C53H45N3. The number of aromatic nitrogens is 1. The molecule has 0 radical (unpaired) electrons. The van der Waals surface area contributed by atoms with Crippen LogP contribution in [0.1, 0.15) is 55.9 Å². The molecule has 1 atom stereocenters. The molecule has 0 aliphatic heterocycles. The Morgan fingerprint density at radius 1 is 0.589 bits per heavy atom. The van der Waals surface area contributed by atoms with Crippen molar-refractivity contribution in [1.29, 1.82) is 0 Å². The summed E-state index contributed by atoms with van der Waals surface area (Å²) in [6.07, 6.45) is 5.93. The van der Waals surface area contributed by atoms with Gasteiger partial charge in [0.2, 0.25) is 0 Å². The Balaban J connectivity index is 1.25. The van der Waals surface area contributed by atoms with Crippen molar-refractivity contribution >= 4 is 72.2 Å². The van der Waals surface area contributed by atoms with Crippen LogP contribution in [0.5, 0.6) is 0 Å². The summed E-state index contributed by atoms with van der Waals surface area (Å²) < 4.78 is 0. The van der Waals surface area contributed by atoms with Crippen LogP contribution in [0.25, 0.3) is 43.6 Å². The van der Waals surface area contributed by atoms with Gasteiger partial charge < -0.3 is 9.80 Å². The number of anilines is 5. The van der Waals surface area contributed by atoms with E-state index in [2.05, 4.69) is 207 Å². The van der Waals surface area contributed by atoms with Gasteiger partial charge in [-0.25, -0.2) is 4.98 Å². The molecule has 3 nitrogen and oxygen atoms in total. The maximum absolute atomic E-state index is 5.33. The number of fused-ring (bicyclic) bond motifs is 2. The van der Waals surface area contributed by atoms with Crippen LogP contribution < -0.4 is 9.80 Å². The first-order valence-corrected chi connectivity index (χ1v) is 20.0. The predicted octanol–water partition coefficient (Wildman–Crippen LogP) is 14.3. The first-order chi connectivity index (χ1) is 27.4. The van der Waals surface area contributed by atoms with Crippen LogP contribution in [-0.2, 0) is 6.42 Å². The molecule has 0 bridgehead atoms. The molecule has 0 amide bonds. The maximum atomic E-state index is 5.33. The minimum absolute atomic E-state index is 0.0495. The number of para-hydroxylation sites is 3. The molecule has 0 spiro atoms. The minimum Gasteiger partial charge on any atom is -0.315 e. The predicted molar refractivity (Wildman–Crippen MR) is 239 cm³/mol. The zero-order valence-corrected chi connectivity index (χ0v) is 32.4. The summed E-state index contributed by atoms with van der Waals surface area (Å²) in [7, 11) is 0. The van der Waals surface area contributed by atoms with Gasteiger partial charge in [0, 0.05) is 27.8 Å². The van der Waals surface area contributed by atoms with Gasteiger partial charge in [0.25, 0.3) is 0 Å². The number of pyridine rings is 1. The SMILES string of the molecule is CC(C)C1=CC(N(c2ccccc2)c2ccc3ccccc3n2)C2=CCc3c(C(C)C)cc(N(c4ccccc4)c4ccc5ccccc5c4)c4ccc1c2c34. The van der Waals surface area contributed by atoms with E-state index in [0.29, 0.717) is 11.8 Å². The van der Waals surface area contributed by atoms with E-state index < -0.39 is 0 Å². The number of nitrogens with zero attached hydrogens (tertiary/aromatic N) is 3. The van der Waals surface area contributed by atoms with Gasteiger partial charge in [0.15, 0.2) is 0 Å². The van der Waals surface area contributed by atoms with E-state index in [-0.39, 0.29) is 6.04 Å². The van der Waals surface area contributed by atoms with Gasteiger partial charge in [-0.2, -0.15) is 0 Å². The van der Waals surface area contributed by atoms with Crippen molar-refractivity contribution in [3.63, 3.8) is 0 Å². The Morgan fingerprint density at radius 2 is 1.27 bits per heavy atom. The average Bonchev–Trinajstić information content (AvgIpc) is 3.24. The van der Waals surface area contributed by atoms with Gasteiger partial charge in [-0.3, -0.25) is 0 Å². The third kappa shape index (κ3) is 5.61. The van der Waals surface area contributed by atoms with E-state index >= 15 is 0 Å². The van der Waals surface area contributed by atoms with E-state index in [1.54, 1.807) is 0 Å². The monoisotopic (exact) mass is 723 g/mol. The molecule has 10 rings (SSSR count). The molecule has 0 N–H and O–H groups in total. The maximum Gasteiger partial charge on any atom is 0.134 e. The zero-order chi connectivity index (χ0) is 37.9. The summed E-state index contributed by atoms with van der Waals surface area (Å²) in [6, 6.07) is 57.4. The Hall–Kier alpha value is -6.45. The molecule has 2 aliphatic carbocycles. The molecule has 1 unspecified atom stereocenters. The summed E-state index contributed by atoms with van der Waals surface area (Å²) in [4.78, 5) is 10.3. The number of allylic oxidation sites excluding steroid dienone is 2. The largest absolute Gasteiger partial charge is 0.315 e. The minimum atomic E-state index is -0.0495. The van der Waals surface area contributed by atoms with Crippen molar-refractivity contribution in [2.75, 3.05) is 9.80 Å². The molecule has 272 valence electrons. The summed E-state index contributed by atoms with van der Waals surface area (Å²) >= 11 is 0. The van der Waals surface area contributed by atoms with Crippen LogP contribution in [0.4, 0.5) is 28.6 Å². The zero-order valence-electron chi connectivity index (χ0n) is 32.4. The van der Waals surface area contributed by atoms with Crippen LogP contribution in [-0.4, -0.2) is 11.0 Å². The molecule has 3 heteroatoms. The van der Waals surface area contributed by atoms with Crippen molar-refractivity contribution in [2.24, 2.45) is 5.92 Å². The highest BCUT2D eigenvalue weighted by molar-refractivity contribution is 6.12. The smallest absolute Gasteiger partial charge is 0.134 e. The molecule has 56 heavy (non-hydrogen) atoms. The van der Waals surface area contributed by atoms with Gasteiger partial charge in [0.05, 0.1) is 17.2 Å². The van der Waals surface area contributed by atoms with E-state index in [0.717, 1.165) is 40.2 Å². The van der Waals surface area contributed by atoms with E-state index in [4.69, 9.17) is 4.98 Å². The van der Waals surface area contributed by atoms with Gasteiger partial charge in [-0.05, 0) is 128 Å². The van der Waals surface area contributed by atoms with E-state index in [9.17, 15) is 0 Å². The third-order valence-corrected chi connectivity index (χ3v) is 11.8. The lowest BCUT2D eigenvalue weighted by atomic mass is 9.72. The molecule has 0 saturated carbocycles. The standard InChI is InChI=1S/C53H45N3/c1-34(2)46-32-49(55(39-18-7-5-8-19-39)41-25-23-36-15-11-12-17-38(36)31-41)44-28-26-43-47(35(3)4)33-50(45-29-27-42(46)52(44)53(43)45)56(40-20-9-6-10-21-40)51-30-24-37-16-13-14-22-48(37)54-51/h5-26,28-35,50H,27H2,1-4H3. The van der Waals surface area contributed by atoms with E-state index in [1.165, 1.54) is 60.6 Å². The Morgan fingerprint density at radius 3 is 2.02 bits per heavy atom. The summed E-state index contributed by atoms with van der Waals surface area (Å²) in [5.41, 5.74) is 14.0. The van der Waals surface area contributed by atoms with E-state index in [1.807, 2.05) is 0 Å². The fraction of sp³-hybridized carbons (Fsp3) is 0.151. The molecular weight excluding hydrogens is 679 g/mol. The quantitative estimate of drug-likeness (QED) is 0.156. The van der Waals surface area contributed by atoms with Gasteiger partial charge >= 0.3 is 0 Å². The number of hydrogen-bond donors (Lipinski definition) is 0. The highest BCUT2D eigenvalue weighted by Crippen LogP contribution is 2.52. The van der Waals surface area contributed by atoms with Crippen LogP contribution in [0, 0.1) is 5.92 Å². The highest BCUT2D eigenvalue weighted by atomic mass is 15.2. The first kappa shape index (κ1) is 34.1. The van der Waals surface area contributed by atoms with Crippen LogP contribution in [0.2, 0.25) is 0 Å². The van der Waals surface area contributed by atoms with Crippen LogP contribution >= 0.6 is 0 Å². The summed E-state index contributed by atoms with van der Waals surface area (Å²) in [5.74, 6) is 1.62. The van der Waals surface area contributed by atoms with Crippen molar-refractivity contribution in [1.82, 2.24) is 4.98 Å². The third-order valence-electron chi connectivity index (χ3n) is 11.8. The lowest BCUT2D eigenvalue weighted by Crippen LogP contribution is -2.35. The molecule has 1 aromatic heterocycles. The fourth-order valence-corrected chi connectivity index (χ4v) is 9.23. The number of benzene rings is 7. The molecule has 2 aliphatic rings. The fourth-order valence-electron chi connectivity index (χ4n) is 9.23. The second kappa shape index (κ2) is 13.7. The Kier molecular flexibility index (Phi) is 8.33. The van der Waals surface area contributed by atoms with Gasteiger partial charge in [-0.15, -0.1) is 0 Å². The van der Waals surface area contributed by atoms with Gasteiger partial charge in [-0.1, -0.05) is 137 Å². The topological polar surface area (TPSA) is 19.4 Å². The highest BCUT2D eigenvalue weighted by Gasteiger charge is 2.36. The first-order valence-electron chi connectivity index (χ1n) is 20.0. The normalized spacial score (nSPS) is 14.7. The second-order valence-electron chi connectivity index (χ2n) is 15.9. The summed E-state index contributed by atoms with van der Waals surface area (Å²) in [6.45, 7) is 9.38. The van der Waals surface area contributed by atoms with Gasteiger partial charge in [0.1, 0.15) is 5.82 Å². The molecule has 7 aromatic carbocycles. The van der Waals surface area contributed by atoms with Crippen molar-refractivity contribution in [3.05, 3.63) is 192 Å². The van der Waals surface area contributed by atoms with Crippen molar-refractivity contribution < 1.29 is 0 Å². The molecule has 0 fully saturated rings.